The second kappa shape index (κ2) is 10.5. The van der Waals surface area contributed by atoms with Crippen LogP contribution in [-0.2, 0) is 16.0 Å². The van der Waals surface area contributed by atoms with Gasteiger partial charge in [-0.2, -0.15) is 0 Å². The Kier molecular flexibility index (Phi) is 7.38. The Labute approximate surface area is 212 Å². The van der Waals surface area contributed by atoms with Gasteiger partial charge in [0.15, 0.2) is 11.5 Å². The first kappa shape index (κ1) is 25.4. The van der Waals surface area contributed by atoms with Gasteiger partial charge in [-0.05, 0) is 65.4 Å². The second-order valence-electron chi connectivity index (χ2n) is 9.55. The van der Waals surface area contributed by atoms with Crippen LogP contribution in [0.1, 0.15) is 25.3 Å². The van der Waals surface area contributed by atoms with Crippen molar-refractivity contribution in [2.24, 2.45) is 5.41 Å². The molecule has 3 aromatic carbocycles. The molecule has 1 aliphatic rings. The van der Waals surface area contributed by atoms with Gasteiger partial charge in [0.1, 0.15) is 0 Å². The highest BCUT2D eigenvalue weighted by molar-refractivity contribution is 5.90. The summed E-state index contributed by atoms with van der Waals surface area (Å²) < 4.78 is 16.4. The summed E-state index contributed by atoms with van der Waals surface area (Å²) in [6, 6.07) is 16.2. The maximum atomic E-state index is 13.1. The van der Waals surface area contributed by atoms with Gasteiger partial charge in [-0.1, -0.05) is 30.3 Å². The fourth-order valence-corrected chi connectivity index (χ4v) is 5.06. The molecule has 0 saturated carbocycles. The lowest BCUT2D eigenvalue weighted by atomic mass is 9.81. The molecule has 36 heavy (non-hydrogen) atoms. The van der Waals surface area contributed by atoms with E-state index < -0.39 is 5.41 Å². The maximum absolute atomic E-state index is 13.1. The molecule has 1 unspecified atom stereocenters. The van der Waals surface area contributed by atoms with Crippen molar-refractivity contribution in [2.45, 2.75) is 26.2 Å². The first-order chi connectivity index (χ1) is 17.3. The molecule has 3 aromatic rings. The van der Waals surface area contributed by atoms with Gasteiger partial charge < -0.3 is 24.4 Å². The Morgan fingerprint density at radius 3 is 2.22 bits per heavy atom. The van der Waals surface area contributed by atoms with E-state index in [1.807, 2.05) is 42.2 Å². The summed E-state index contributed by atoms with van der Waals surface area (Å²) in [5, 5.41) is 4.87. The van der Waals surface area contributed by atoms with E-state index in [-0.39, 0.29) is 11.8 Å². The van der Waals surface area contributed by atoms with E-state index in [9.17, 15) is 9.59 Å². The Morgan fingerprint density at radius 2 is 1.58 bits per heavy atom. The Morgan fingerprint density at radius 1 is 0.917 bits per heavy atom. The molecule has 1 N–H and O–H groups in total. The number of amides is 2. The molecule has 0 aliphatic carbocycles. The van der Waals surface area contributed by atoms with Crippen LogP contribution >= 0.6 is 0 Å². The number of rotatable bonds is 7. The summed E-state index contributed by atoms with van der Waals surface area (Å²) in [4.78, 5) is 27.2. The molecule has 4 rings (SSSR count). The molecule has 7 heteroatoms. The van der Waals surface area contributed by atoms with Crippen molar-refractivity contribution in [3.8, 4) is 28.4 Å². The molecular formula is C29H34N2O5. The van der Waals surface area contributed by atoms with E-state index in [0.717, 1.165) is 40.3 Å². The van der Waals surface area contributed by atoms with Gasteiger partial charge in [0.25, 0.3) is 0 Å². The van der Waals surface area contributed by atoms with Crippen LogP contribution < -0.4 is 19.5 Å². The van der Waals surface area contributed by atoms with Crippen LogP contribution in [0.15, 0.2) is 48.5 Å². The van der Waals surface area contributed by atoms with Crippen molar-refractivity contribution < 1.29 is 23.8 Å². The lowest BCUT2D eigenvalue weighted by Gasteiger charge is -2.39. The number of benzene rings is 3. The summed E-state index contributed by atoms with van der Waals surface area (Å²) in [6.07, 6.45) is 1.94. The van der Waals surface area contributed by atoms with E-state index in [4.69, 9.17) is 14.2 Å². The molecular weight excluding hydrogens is 456 g/mol. The first-order valence-electron chi connectivity index (χ1n) is 12.1. The quantitative estimate of drug-likeness (QED) is 0.530. The predicted octanol–water partition coefficient (Wildman–Crippen LogP) is 4.45. The third kappa shape index (κ3) is 4.96. The molecule has 1 atom stereocenters. The molecule has 1 fully saturated rings. The van der Waals surface area contributed by atoms with Crippen molar-refractivity contribution in [3.63, 3.8) is 0 Å². The molecule has 0 aromatic heterocycles. The summed E-state index contributed by atoms with van der Waals surface area (Å²) >= 11 is 0. The zero-order valence-corrected chi connectivity index (χ0v) is 21.6. The Hall–Kier alpha value is -3.74. The smallest absolute Gasteiger partial charge is 0.227 e. The van der Waals surface area contributed by atoms with Gasteiger partial charge >= 0.3 is 0 Å². The van der Waals surface area contributed by atoms with Crippen molar-refractivity contribution in [1.82, 2.24) is 10.2 Å². The SMILES string of the molecule is CNC(=O)C1(C)CCCN(C(=O)Cc2ccc3cc(-c4cc(OC)c(OC)c(OC)c4)ccc3c2)C1. The highest BCUT2D eigenvalue weighted by Crippen LogP contribution is 2.41. The standard InChI is InChI=1S/C29H34N2O5/c1-29(28(33)30-2)11-6-12-31(18-29)26(32)14-19-7-8-21-15-22(10-9-20(21)13-19)23-16-24(34-3)27(36-5)25(17-23)35-4/h7-10,13,15-17H,6,11-12,14,18H2,1-5H3,(H,30,33). The molecule has 1 saturated heterocycles. The maximum Gasteiger partial charge on any atom is 0.227 e. The number of likely N-dealkylation sites (tertiary alicyclic amines) is 1. The fraction of sp³-hybridized carbons (Fsp3) is 0.379. The van der Waals surface area contributed by atoms with E-state index >= 15 is 0 Å². The van der Waals surface area contributed by atoms with E-state index in [1.54, 1.807) is 28.4 Å². The molecule has 0 radical (unpaired) electrons. The third-order valence-corrected chi connectivity index (χ3v) is 7.08. The molecule has 0 spiro atoms. The minimum absolute atomic E-state index is 0.00592. The van der Waals surface area contributed by atoms with Crippen molar-refractivity contribution in [2.75, 3.05) is 41.5 Å². The molecule has 2 amide bonds. The number of nitrogens with one attached hydrogen (secondary N) is 1. The van der Waals surface area contributed by atoms with Crippen molar-refractivity contribution in [3.05, 3.63) is 54.1 Å². The number of carbonyl (C=O) groups is 2. The van der Waals surface area contributed by atoms with Gasteiger partial charge in [0.2, 0.25) is 17.6 Å². The van der Waals surface area contributed by atoms with Crippen LogP contribution in [0, 0.1) is 5.41 Å². The van der Waals surface area contributed by atoms with Crippen LogP contribution in [-0.4, -0.2) is 58.2 Å². The van der Waals surface area contributed by atoms with Crippen LogP contribution in [0.25, 0.3) is 21.9 Å². The minimum Gasteiger partial charge on any atom is -0.493 e. The highest BCUT2D eigenvalue weighted by Gasteiger charge is 2.38. The van der Waals surface area contributed by atoms with Gasteiger partial charge in [-0.3, -0.25) is 9.59 Å². The number of carbonyl (C=O) groups excluding carboxylic acids is 2. The van der Waals surface area contributed by atoms with E-state index in [1.165, 1.54) is 0 Å². The molecule has 0 bridgehead atoms. The monoisotopic (exact) mass is 490 g/mol. The van der Waals surface area contributed by atoms with E-state index in [0.29, 0.717) is 36.8 Å². The Bertz CT molecular complexity index is 1260. The van der Waals surface area contributed by atoms with Crippen molar-refractivity contribution >= 4 is 22.6 Å². The van der Waals surface area contributed by atoms with Crippen molar-refractivity contribution in [1.29, 1.82) is 0 Å². The van der Waals surface area contributed by atoms with Gasteiger partial charge in [-0.25, -0.2) is 0 Å². The average molecular weight is 491 g/mol. The zero-order chi connectivity index (χ0) is 25.9. The normalized spacial score (nSPS) is 17.5. The average Bonchev–Trinajstić information content (AvgIpc) is 2.91. The largest absolute Gasteiger partial charge is 0.493 e. The Balaban J connectivity index is 1.55. The highest BCUT2D eigenvalue weighted by atomic mass is 16.5. The number of methoxy groups -OCH3 is 3. The number of fused-ring (bicyclic) bond motifs is 1. The summed E-state index contributed by atoms with van der Waals surface area (Å²) in [6.45, 7) is 3.08. The van der Waals surface area contributed by atoms with Gasteiger partial charge in [0.05, 0.1) is 33.2 Å². The van der Waals surface area contributed by atoms with Crippen LogP contribution in [0.5, 0.6) is 17.2 Å². The number of piperidine rings is 1. The molecule has 7 nitrogen and oxygen atoms in total. The second-order valence-corrected chi connectivity index (χ2v) is 9.55. The lowest BCUT2D eigenvalue weighted by molar-refractivity contribution is -0.139. The van der Waals surface area contributed by atoms with Crippen LogP contribution in [0.4, 0.5) is 0 Å². The third-order valence-electron chi connectivity index (χ3n) is 7.08. The number of hydrogen-bond acceptors (Lipinski definition) is 5. The molecule has 1 heterocycles. The van der Waals surface area contributed by atoms with Gasteiger partial charge in [0, 0.05) is 20.1 Å². The zero-order valence-electron chi connectivity index (χ0n) is 21.6. The number of ether oxygens (including phenoxy) is 3. The summed E-state index contributed by atoms with van der Waals surface area (Å²) in [7, 11) is 6.45. The topological polar surface area (TPSA) is 77.1 Å². The fourth-order valence-electron chi connectivity index (χ4n) is 5.06. The number of hydrogen-bond donors (Lipinski definition) is 1. The van der Waals surface area contributed by atoms with E-state index in [2.05, 4.69) is 23.5 Å². The van der Waals surface area contributed by atoms with Crippen LogP contribution in [0.2, 0.25) is 0 Å². The summed E-state index contributed by atoms with van der Waals surface area (Å²) in [5.41, 5.74) is 2.40. The predicted molar refractivity (Wildman–Crippen MR) is 141 cm³/mol. The minimum atomic E-state index is -0.532. The molecule has 1 aliphatic heterocycles. The first-order valence-corrected chi connectivity index (χ1v) is 12.1. The van der Waals surface area contributed by atoms with Crippen LogP contribution in [0.3, 0.4) is 0 Å². The molecule has 190 valence electrons. The number of nitrogens with zero attached hydrogens (tertiary/aromatic N) is 1. The van der Waals surface area contributed by atoms with Gasteiger partial charge in [-0.15, -0.1) is 0 Å². The lowest BCUT2D eigenvalue weighted by Crippen LogP contribution is -2.51. The summed E-state index contributed by atoms with van der Waals surface area (Å²) in [5.74, 6) is 1.81.